The summed E-state index contributed by atoms with van der Waals surface area (Å²) in [7, 11) is 0. The fourth-order valence-electron chi connectivity index (χ4n) is 2.53. The normalized spacial score (nSPS) is 14.5. The Morgan fingerprint density at radius 3 is 1.42 bits per heavy atom. The van der Waals surface area contributed by atoms with Gasteiger partial charge in [-0.2, -0.15) is 0 Å². The van der Waals surface area contributed by atoms with E-state index < -0.39 is 0 Å². The van der Waals surface area contributed by atoms with Crippen LogP contribution in [-0.4, -0.2) is 22.4 Å². The molecule has 0 fully saturated rings. The zero-order valence-electron chi connectivity index (χ0n) is 13.2. The smallest absolute Gasteiger partial charge is 0.0540 e. The zero-order chi connectivity index (χ0) is 14.3. The van der Waals surface area contributed by atoms with Crippen LogP contribution in [0.3, 0.4) is 0 Å². The van der Waals surface area contributed by atoms with E-state index in [9.17, 15) is 10.2 Å². The summed E-state index contributed by atoms with van der Waals surface area (Å²) in [5, 5.41) is 19.3. The summed E-state index contributed by atoms with van der Waals surface area (Å²) in [5.74, 6) is 0. The third-order valence-corrected chi connectivity index (χ3v) is 3.84. The first-order chi connectivity index (χ1) is 9.20. The van der Waals surface area contributed by atoms with Gasteiger partial charge in [-0.15, -0.1) is 0 Å². The second kappa shape index (κ2) is 14.3. The van der Waals surface area contributed by atoms with Gasteiger partial charge in [0.1, 0.15) is 0 Å². The molecule has 0 aromatic carbocycles. The van der Waals surface area contributed by atoms with Gasteiger partial charge in [0.05, 0.1) is 12.2 Å². The maximum absolute atomic E-state index is 9.70. The van der Waals surface area contributed by atoms with Gasteiger partial charge in [0.2, 0.25) is 0 Å². The maximum Gasteiger partial charge on any atom is 0.0540 e. The van der Waals surface area contributed by atoms with Crippen LogP contribution in [0, 0.1) is 0 Å². The molecule has 2 heteroatoms. The Morgan fingerprint density at radius 2 is 0.947 bits per heavy atom. The lowest BCUT2D eigenvalue weighted by atomic mass is 10.0. The van der Waals surface area contributed by atoms with Crippen molar-refractivity contribution >= 4 is 0 Å². The van der Waals surface area contributed by atoms with Crippen molar-refractivity contribution in [1.82, 2.24) is 0 Å². The lowest BCUT2D eigenvalue weighted by molar-refractivity contribution is 0.147. The summed E-state index contributed by atoms with van der Waals surface area (Å²) in [6, 6.07) is 0. The SMILES string of the molecule is CCCCC(O)CCCCCCCCC(O)CCC. The average Bonchev–Trinajstić information content (AvgIpc) is 2.39. The van der Waals surface area contributed by atoms with Gasteiger partial charge in [0.15, 0.2) is 0 Å². The molecule has 0 aliphatic rings. The van der Waals surface area contributed by atoms with Crippen molar-refractivity contribution < 1.29 is 10.2 Å². The van der Waals surface area contributed by atoms with Gasteiger partial charge in [0.25, 0.3) is 0 Å². The summed E-state index contributed by atoms with van der Waals surface area (Å²) in [6.45, 7) is 4.29. The minimum absolute atomic E-state index is 0.0656. The van der Waals surface area contributed by atoms with E-state index in [0.29, 0.717) is 0 Å². The number of unbranched alkanes of at least 4 members (excludes halogenated alkanes) is 6. The molecule has 2 atom stereocenters. The lowest BCUT2D eigenvalue weighted by Gasteiger charge is -2.10. The molecule has 0 saturated carbocycles. The summed E-state index contributed by atoms with van der Waals surface area (Å²) < 4.78 is 0. The Balaban J connectivity index is 3.14. The number of hydrogen-bond donors (Lipinski definition) is 2. The van der Waals surface area contributed by atoms with Crippen LogP contribution in [0.4, 0.5) is 0 Å². The predicted molar refractivity (Wildman–Crippen MR) is 83.4 cm³/mol. The second-order valence-electron chi connectivity index (χ2n) is 5.94. The van der Waals surface area contributed by atoms with E-state index in [1.807, 2.05) is 0 Å². The van der Waals surface area contributed by atoms with E-state index in [4.69, 9.17) is 0 Å². The highest BCUT2D eigenvalue weighted by Gasteiger charge is 2.03. The van der Waals surface area contributed by atoms with Crippen molar-refractivity contribution in [3.05, 3.63) is 0 Å². The van der Waals surface area contributed by atoms with Gasteiger partial charge >= 0.3 is 0 Å². The number of aliphatic hydroxyl groups is 2. The molecule has 0 radical (unpaired) electrons. The lowest BCUT2D eigenvalue weighted by Crippen LogP contribution is -2.05. The second-order valence-corrected chi connectivity index (χ2v) is 5.94. The molecule has 2 nitrogen and oxygen atoms in total. The fraction of sp³-hybridized carbons (Fsp3) is 1.00. The first-order valence-electron chi connectivity index (χ1n) is 8.56. The van der Waals surface area contributed by atoms with Gasteiger partial charge in [-0.1, -0.05) is 71.6 Å². The standard InChI is InChI=1S/C17H36O2/c1-3-5-13-17(19)15-11-9-7-6-8-10-14-16(18)12-4-2/h16-19H,3-15H2,1-2H3. The van der Waals surface area contributed by atoms with Gasteiger partial charge in [-0.05, 0) is 25.7 Å². The van der Waals surface area contributed by atoms with Crippen LogP contribution in [0.15, 0.2) is 0 Å². The van der Waals surface area contributed by atoms with Gasteiger partial charge < -0.3 is 10.2 Å². The number of hydrogen-bond acceptors (Lipinski definition) is 2. The molecule has 2 N–H and O–H groups in total. The molecule has 0 spiro atoms. The molecule has 19 heavy (non-hydrogen) atoms. The average molecular weight is 272 g/mol. The Morgan fingerprint density at radius 1 is 0.526 bits per heavy atom. The van der Waals surface area contributed by atoms with Crippen molar-refractivity contribution in [3.63, 3.8) is 0 Å². The van der Waals surface area contributed by atoms with E-state index in [-0.39, 0.29) is 12.2 Å². The van der Waals surface area contributed by atoms with E-state index in [0.717, 1.165) is 38.5 Å². The Labute approximate surface area is 120 Å². The molecule has 0 bridgehead atoms. The van der Waals surface area contributed by atoms with Crippen molar-refractivity contribution in [2.75, 3.05) is 0 Å². The first kappa shape index (κ1) is 18.9. The maximum atomic E-state index is 9.70. The summed E-state index contributed by atoms with van der Waals surface area (Å²) in [4.78, 5) is 0. The van der Waals surface area contributed by atoms with Crippen molar-refractivity contribution in [2.24, 2.45) is 0 Å². The van der Waals surface area contributed by atoms with Gasteiger partial charge in [-0.3, -0.25) is 0 Å². The molecule has 0 aliphatic heterocycles. The van der Waals surface area contributed by atoms with E-state index >= 15 is 0 Å². The van der Waals surface area contributed by atoms with Crippen LogP contribution in [-0.2, 0) is 0 Å². The first-order valence-corrected chi connectivity index (χ1v) is 8.56. The molecule has 0 aliphatic carbocycles. The summed E-state index contributed by atoms with van der Waals surface area (Å²) >= 11 is 0. The minimum Gasteiger partial charge on any atom is -0.393 e. The quantitative estimate of drug-likeness (QED) is 0.445. The highest BCUT2D eigenvalue weighted by molar-refractivity contribution is 4.57. The van der Waals surface area contributed by atoms with Gasteiger partial charge in [0, 0.05) is 0 Å². The molecule has 2 unspecified atom stereocenters. The van der Waals surface area contributed by atoms with E-state index in [1.54, 1.807) is 0 Å². The van der Waals surface area contributed by atoms with Crippen LogP contribution >= 0.6 is 0 Å². The largest absolute Gasteiger partial charge is 0.393 e. The van der Waals surface area contributed by atoms with Crippen molar-refractivity contribution in [2.45, 2.75) is 110 Å². The number of rotatable bonds is 14. The predicted octanol–water partition coefficient (Wildman–Crippen LogP) is 4.82. The van der Waals surface area contributed by atoms with Gasteiger partial charge in [-0.25, -0.2) is 0 Å². The summed E-state index contributed by atoms with van der Waals surface area (Å²) in [5.41, 5.74) is 0. The molecule has 116 valence electrons. The Bertz CT molecular complexity index is 171. The van der Waals surface area contributed by atoms with Crippen molar-refractivity contribution in [1.29, 1.82) is 0 Å². The topological polar surface area (TPSA) is 40.5 Å². The highest BCUT2D eigenvalue weighted by atomic mass is 16.3. The molecule has 0 heterocycles. The molecule has 0 saturated heterocycles. The minimum atomic E-state index is -0.0706. The Kier molecular flexibility index (Phi) is 14.3. The van der Waals surface area contributed by atoms with Crippen molar-refractivity contribution in [3.8, 4) is 0 Å². The van der Waals surface area contributed by atoms with Crippen LogP contribution in [0.5, 0.6) is 0 Å². The highest BCUT2D eigenvalue weighted by Crippen LogP contribution is 2.13. The van der Waals surface area contributed by atoms with Crippen LogP contribution in [0.25, 0.3) is 0 Å². The molecular weight excluding hydrogens is 236 g/mol. The monoisotopic (exact) mass is 272 g/mol. The van der Waals surface area contributed by atoms with Crippen LogP contribution in [0.2, 0.25) is 0 Å². The van der Waals surface area contributed by atoms with E-state index in [2.05, 4.69) is 13.8 Å². The molecule has 0 aromatic heterocycles. The third kappa shape index (κ3) is 14.1. The van der Waals surface area contributed by atoms with Crippen LogP contribution in [0.1, 0.15) is 97.3 Å². The number of aliphatic hydroxyl groups excluding tert-OH is 2. The van der Waals surface area contributed by atoms with Crippen LogP contribution < -0.4 is 0 Å². The fourth-order valence-corrected chi connectivity index (χ4v) is 2.53. The summed E-state index contributed by atoms with van der Waals surface area (Å²) in [6.07, 6.45) is 14.6. The zero-order valence-corrected chi connectivity index (χ0v) is 13.2. The molecular formula is C17H36O2. The third-order valence-electron chi connectivity index (χ3n) is 3.84. The van der Waals surface area contributed by atoms with E-state index in [1.165, 1.54) is 44.9 Å². The molecule has 0 aromatic rings. The molecule has 0 rings (SSSR count). The molecule has 0 amide bonds. The Hall–Kier alpha value is -0.0800.